The van der Waals surface area contributed by atoms with Crippen molar-refractivity contribution in [1.29, 1.82) is 0 Å². The fourth-order valence-electron chi connectivity index (χ4n) is 2.97. The smallest absolute Gasteiger partial charge is 0.338 e. The molecule has 2 N–H and O–H groups in total. The van der Waals surface area contributed by atoms with Gasteiger partial charge in [-0.2, -0.15) is 0 Å². The molecule has 1 atom stereocenters. The van der Waals surface area contributed by atoms with E-state index >= 15 is 0 Å². The number of urea groups is 1. The van der Waals surface area contributed by atoms with Gasteiger partial charge in [-0.3, -0.25) is 0 Å². The molecule has 2 heterocycles. The maximum absolute atomic E-state index is 12.6. The predicted molar refractivity (Wildman–Crippen MR) is 113 cm³/mol. The van der Waals surface area contributed by atoms with Crippen LogP contribution in [-0.2, 0) is 14.3 Å². The number of anilines is 1. The molecule has 0 bridgehead atoms. The Kier molecular flexibility index (Phi) is 6.73. The first-order chi connectivity index (χ1) is 14.4. The number of nitrogens with one attached hydrogen (secondary N) is 2. The van der Waals surface area contributed by atoms with E-state index < -0.39 is 24.0 Å². The number of hydrogen-bond acceptors (Lipinski definition) is 7. The summed E-state index contributed by atoms with van der Waals surface area (Å²) < 4.78 is 10.6. The molecule has 158 valence electrons. The lowest BCUT2D eigenvalue weighted by Crippen LogP contribution is -2.46. The number of rotatable bonds is 7. The summed E-state index contributed by atoms with van der Waals surface area (Å²) in [6.45, 7) is 1.61. The zero-order valence-electron chi connectivity index (χ0n) is 16.9. The van der Waals surface area contributed by atoms with Crippen LogP contribution in [-0.4, -0.2) is 45.3 Å². The predicted octanol–water partition coefficient (Wildman–Crippen LogP) is 2.84. The van der Waals surface area contributed by atoms with E-state index in [2.05, 4.69) is 10.6 Å². The van der Waals surface area contributed by atoms with Crippen LogP contribution in [0.2, 0.25) is 0 Å². The van der Waals surface area contributed by atoms with Gasteiger partial charge in [0.2, 0.25) is 0 Å². The molecule has 2 aromatic rings. The number of carbonyl (C=O) groups excluding carboxylic acids is 3. The molecule has 0 saturated heterocycles. The Morgan fingerprint density at radius 2 is 1.83 bits per heavy atom. The Balaban J connectivity index is 1.84. The largest absolute Gasteiger partial charge is 0.463 e. The van der Waals surface area contributed by atoms with E-state index in [-0.39, 0.29) is 24.5 Å². The molecule has 0 fully saturated rings. The molecule has 1 aliphatic heterocycles. The zero-order valence-corrected chi connectivity index (χ0v) is 17.7. The van der Waals surface area contributed by atoms with Crippen LogP contribution in [0.15, 0.2) is 53.0 Å². The summed E-state index contributed by atoms with van der Waals surface area (Å²) in [6.07, 6.45) is 0. The highest BCUT2D eigenvalue weighted by atomic mass is 32.1. The number of esters is 2. The molecule has 0 spiro atoms. The Morgan fingerprint density at radius 3 is 2.43 bits per heavy atom. The Bertz CT molecular complexity index is 952. The molecular formula is C21H23N3O5S. The third-order valence-electron chi connectivity index (χ3n) is 4.44. The summed E-state index contributed by atoms with van der Waals surface area (Å²) in [5.41, 5.74) is 1.74. The minimum absolute atomic E-state index is 0.179. The molecule has 8 nitrogen and oxygen atoms in total. The maximum atomic E-state index is 12.6. The fourth-order valence-corrected chi connectivity index (χ4v) is 3.75. The van der Waals surface area contributed by atoms with E-state index in [0.29, 0.717) is 5.56 Å². The number of amides is 2. The zero-order chi connectivity index (χ0) is 21.7. The molecule has 30 heavy (non-hydrogen) atoms. The van der Waals surface area contributed by atoms with Crippen molar-refractivity contribution in [2.75, 3.05) is 32.2 Å². The maximum Gasteiger partial charge on any atom is 0.338 e. The van der Waals surface area contributed by atoms with Crippen LogP contribution in [0, 0.1) is 0 Å². The number of hydrogen-bond donors (Lipinski definition) is 2. The Hall–Kier alpha value is -3.33. The van der Waals surface area contributed by atoms with Crippen molar-refractivity contribution >= 4 is 35.0 Å². The molecule has 1 aliphatic rings. The Labute approximate surface area is 178 Å². The van der Waals surface area contributed by atoms with Crippen LogP contribution < -0.4 is 15.5 Å². The molecule has 0 radical (unpaired) electrons. The van der Waals surface area contributed by atoms with E-state index in [9.17, 15) is 14.4 Å². The van der Waals surface area contributed by atoms with Crippen molar-refractivity contribution in [3.63, 3.8) is 0 Å². The van der Waals surface area contributed by atoms with Gasteiger partial charge >= 0.3 is 18.0 Å². The first kappa shape index (κ1) is 21.4. The third-order valence-corrected chi connectivity index (χ3v) is 5.38. The van der Waals surface area contributed by atoms with Gasteiger partial charge in [0, 0.05) is 24.7 Å². The summed E-state index contributed by atoms with van der Waals surface area (Å²) in [5.74, 6) is -1.14. The van der Waals surface area contributed by atoms with Gasteiger partial charge in [-0.25, -0.2) is 14.4 Å². The van der Waals surface area contributed by atoms with Gasteiger partial charge in [0.05, 0.1) is 29.5 Å². The average molecular weight is 429 g/mol. The second kappa shape index (κ2) is 9.45. The molecule has 2 amide bonds. The highest BCUT2D eigenvalue weighted by Crippen LogP contribution is 2.30. The first-order valence-electron chi connectivity index (χ1n) is 9.36. The van der Waals surface area contributed by atoms with Crippen LogP contribution >= 0.6 is 11.3 Å². The lowest BCUT2D eigenvalue weighted by molar-refractivity contribution is -0.139. The van der Waals surface area contributed by atoms with Crippen molar-refractivity contribution < 1.29 is 23.9 Å². The lowest BCUT2D eigenvalue weighted by Gasteiger charge is -2.28. The fraction of sp³-hybridized carbons (Fsp3) is 0.286. The number of nitrogens with zero attached hydrogens (tertiary/aromatic N) is 1. The molecule has 3 rings (SSSR count). The summed E-state index contributed by atoms with van der Waals surface area (Å²) >= 11 is 1.40. The topological polar surface area (TPSA) is 97.0 Å². The molecule has 0 aliphatic carbocycles. The quantitative estimate of drug-likeness (QED) is 0.657. The molecule has 0 saturated carbocycles. The van der Waals surface area contributed by atoms with Crippen LogP contribution in [0.4, 0.5) is 10.5 Å². The highest BCUT2D eigenvalue weighted by molar-refractivity contribution is 7.10. The van der Waals surface area contributed by atoms with Gasteiger partial charge in [-0.05, 0) is 42.6 Å². The number of thiophene rings is 1. The lowest BCUT2D eigenvalue weighted by atomic mass is 10.0. The van der Waals surface area contributed by atoms with Crippen LogP contribution in [0.5, 0.6) is 0 Å². The van der Waals surface area contributed by atoms with Gasteiger partial charge in [0.1, 0.15) is 6.61 Å². The van der Waals surface area contributed by atoms with Crippen molar-refractivity contribution in [1.82, 2.24) is 10.6 Å². The van der Waals surface area contributed by atoms with E-state index in [4.69, 9.17) is 9.47 Å². The van der Waals surface area contributed by atoms with Gasteiger partial charge in [-0.1, -0.05) is 6.07 Å². The van der Waals surface area contributed by atoms with Gasteiger partial charge in [0.25, 0.3) is 0 Å². The van der Waals surface area contributed by atoms with Gasteiger partial charge in [0.15, 0.2) is 0 Å². The van der Waals surface area contributed by atoms with Gasteiger partial charge < -0.3 is 25.0 Å². The molecular weight excluding hydrogens is 406 g/mol. The second-order valence-electron chi connectivity index (χ2n) is 6.68. The number of ether oxygens (including phenoxy) is 2. The molecule has 1 aromatic carbocycles. The average Bonchev–Trinajstić information content (AvgIpc) is 3.26. The highest BCUT2D eigenvalue weighted by Gasteiger charge is 2.34. The summed E-state index contributed by atoms with van der Waals surface area (Å²) in [4.78, 5) is 40.0. The van der Waals surface area contributed by atoms with Crippen LogP contribution in [0.1, 0.15) is 28.2 Å². The van der Waals surface area contributed by atoms with E-state index in [1.807, 2.05) is 36.5 Å². The van der Waals surface area contributed by atoms with Crippen molar-refractivity contribution in [3.05, 3.63) is 63.5 Å². The summed E-state index contributed by atoms with van der Waals surface area (Å²) in [5, 5.41) is 7.16. The van der Waals surface area contributed by atoms with E-state index in [0.717, 1.165) is 10.6 Å². The number of benzene rings is 1. The molecule has 9 heteroatoms. The first-order valence-corrected chi connectivity index (χ1v) is 10.2. The van der Waals surface area contributed by atoms with Crippen molar-refractivity contribution in [2.24, 2.45) is 0 Å². The van der Waals surface area contributed by atoms with Gasteiger partial charge in [-0.15, -0.1) is 11.3 Å². The second-order valence-corrected chi connectivity index (χ2v) is 7.66. The van der Waals surface area contributed by atoms with E-state index in [1.165, 1.54) is 11.3 Å². The molecule has 1 unspecified atom stereocenters. The Morgan fingerprint density at radius 1 is 1.10 bits per heavy atom. The third kappa shape index (κ3) is 4.80. The standard InChI is InChI=1S/C21H23N3O5S/c1-4-28-20(26)17-15(22-21(27)23-18(17)16-6-5-11-30-16)12-29-19(25)13-7-9-14(10-8-13)24(2)3/h5-11,18H,4,12H2,1-3H3,(H2,22,23,27). The minimum Gasteiger partial charge on any atom is -0.463 e. The van der Waals surface area contributed by atoms with Crippen LogP contribution in [0.25, 0.3) is 0 Å². The van der Waals surface area contributed by atoms with Crippen molar-refractivity contribution in [2.45, 2.75) is 13.0 Å². The van der Waals surface area contributed by atoms with Crippen LogP contribution in [0.3, 0.4) is 0 Å². The SMILES string of the molecule is CCOC(=O)C1=C(COC(=O)c2ccc(N(C)C)cc2)NC(=O)NC1c1cccs1. The summed E-state index contributed by atoms with van der Waals surface area (Å²) in [7, 11) is 3.81. The normalized spacial score (nSPS) is 15.8. The number of carbonyl (C=O) groups is 3. The minimum atomic E-state index is -0.675. The monoisotopic (exact) mass is 429 g/mol. The summed E-state index contributed by atoms with van der Waals surface area (Å²) in [6, 6.07) is 9.41. The van der Waals surface area contributed by atoms with E-state index in [1.54, 1.807) is 31.2 Å². The van der Waals surface area contributed by atoms with Crippen molar-refractivity contribution in [3.8, 4) is 0 Å². The molecule has 1 aromatic heterocycles.